The topological polar surface area (TPSA) is 17.0 Å². The van der Waals surface area contributed by atoms with E-state index >= 15 is 0 Å². The monoisotopic (exact) mass is 270 g/mol. The minimum atomic E-state index is 0.634. The lowest BCUT2D eigenvalue weighted by atomic mass is 10.00. The zero-order valence-corrected chi connectivity index (χ0v) is 12.9. The summed E-state index contributed by atoms with van der Waals surface area (Å²) in [6.45, 7) is 5.59. The zero-order valence-electron chi connectivity index (χ0n) is 12.9. The van der Waals surface area contributed by atoms with E-state index < -0.39 is 0 Å². The Morgan fingerprint density at radius 3 is 2.65 bits per heavy atom. The summed E-state index contributed by atoms with van der Waals surface area (Å²) in [5.74, 6) is 0.880. The fraction of sp³-hybridized carbons (Fsp3) is 0.556. The molecule has 2 nitrogen and oxygen atoms in total. The third kappa shape index (κ3) is 2.37. The number of nitrogens with one attached hydrogen (secondary N) is 1. The minimum Gasteiger partial charge on any atom is -0.346 e. The number of hydrogen-bond acceptors (Lipinski definition) is 1. The van der Waals surface area contributed by atoms with Crippen molar-refractivity contribution in [3.8, 4) is 0 Å². The van der Waals surface area contributed by atoms with Gasteiger partial charge in [0, 0.05) is 36.2 Å². The van der Waals surface area contributed by atoms with Crippen LogP contribution in [0.15, 0.2) is 24.3 Å². The van der Waals surface area contributed by atoms with E-state index in [1.807, 2.05) is 0 Å². The lowest BCUT2D eigenvalue weighted by Gasteiger charge is -2.21. The van der Waals surface area contributed by atoms with Crippen LogP contribution in [0.1, 0.15) is 43.9 Å². The second kappa shape index (κ2) is 5.61. The molecule has 0 aliphatic heterocycles. The number of rotatable bonds is 4. The van der Waals surface area contributed by atoms with Gasteiger partial charge in [0.2, 0.25) is 0 Å². The van der Waals surface area contributed by atoms with Crippen molar-refractivity contribution in [2.24, 2.45) is 13.0 Å². The highest BCUT2D eigenvalue weighted by Gasteiger charge is 2.21. The van der Waals surface area contributed by atoms with Crippen LogP contribution in [0.4, 0.5) is 0 Å². The molecule has 1 fully saturated rings. The molecule has 3 rings (SSSR count). The van der Waals surface area contributed by atoms with E-state index in [4.69, 9.17) is 0 Å². The molecule has 2 heteroatoms. The van der Waals surface area contributed by atoms with Crippen LogP contribution in [-0.4, -0.2) is 10.6 Å². The molecule has 108 valence electrons. The molecule has 20 heavy (non-hydrogen) atoms. The van der Waals surface area contributed by atoms with E-state index in [0.29, 0.717) is 6.04 Å². The van der Waals surface area contributed by atoms with Crippen LogP contribution < -0.4 is 5.32 Å². The second-order valence-corrected chi connectivity index (χ2v) is 6.36. The Balaban J connectivity index is 1.77. The van der Waals surface area contributed by atoms with Gasteiger partial charge in [0.25, 0.3) is 0 Å². The Labute approximate surface area is 122 Å². The van der Waals surface area contributed by atoms with Crippen LogP contribution in [0.2, 0.25) is 0 Å². The molecular formula is C18H26N2. The smallest absolute Gasteiger partial charge is 0.0483 e. The minimum absolute atomic E-state index is 0.634. The van der Waals surface area contributed by atoms with Gasteiger partial charge < -0.3 is 9.88 Å². The quantitative estimate of drug-likeness (QED) is 0.883. The molecule has 0 spiro atoms. The van der Waals surface area contributed by atoms with Crippen molar-refractivity contribution >= 4 is 10.9 Å². The lowest BCUT2D eigenvalue weighted by Crippen LogP contribution is -2.32. The Morgan fingerprint density at radius 2 is 1.95 bits per heavy atom. The van der Waals surface area contributed by atoms with Crippen molar-refractivity contribution in [3.63, 3.8) is 0 Å². The molecule has 1 aliphatic carbocycles. The van der Waals surface area contributed by atoms with Crippen LogP contribution in [-0.2, 0) is 13.6 Å². The molecule has 1 aromatic carbocycles. The van der Waals surface area contributed by atoms with E-state index in [1.54, 1.807) is 0 Å². The molecule has 1 N–H and O–H groups in total. The van der Waals surface area contributed by atoms with Crippen molar-refractivity contribution in [1.82, 2.24) is 9.88 Å². The molecule has 1 atom stereocenters. The summed E-state index contributed by atoms with van der Waals surface area (Å²) in [7, 11) is 2.19. The third-order valence-corrected chi connectivity index (χ3v) is 5.21. The molecule has 1 heterocycles. The van der Waals surface area contributed by atoms with E-state index in [1.165, 1.54) is 47.8 Å². The molecule has 2 aromatic rings. The van der Waals surface area contributed by atoms with Gasteiger partial charge in [-0.15, -0.1) is 0 Å². The van der Waals surface area contributed by atoms with Gasteiger partial charge in [-0.05, 0) is 44.2 Å². The second-order valence-electron chi connectivity index (χ2n) is 6.36. The average molecular weight is 270 g/mol. The summed E-state index contributed by atoms with van der Waals surface area (Å²) in [4.78, 5) is 0. The third-order valence-electron chi connectivity index (χ3n) is 5.21. The first kappa shape index (κ1) is 13.7. The van der Waals surface area contributed by atoms with Gasteiger partial charge in [-0.1, -0.05) is 31.0 Å². The van der Waals surface area contributed by atoms with E-state index in [0.717, 1.165) is 12.5 Å². The summed E-state index contributed by atoms with van der Waals surface area (Å²) in [5, 5.41) is 5.15. The number of nitrogens with zero attached hydrogens (tertiary/aromatic N) is 1. The van der Waals surface area contributed by atoms with Crippen molar-refractivity contribution < 1.29 is 0 Å². The van der Waals surface area contributed by atoms with Gasteiger partial charge in [0.1, 0.15) is 0 Å². The number of aromatic nitrogens is 1. The molecule has 1 aliphatic rings. The van der Waals surface area contributed by atoms with Crippen LogP contribution in [0, 0.1) is 12.8 Å². The first-order chi connectivity index (χ1) is 9.68. The first-order valence-electron chi connectivity index (χ1n) is 7.94. The highest BCUT2D eigenvalue weighted by atomic mass is 15.0. The fourth-order valence-corrected chi connectivity index (χ4v) is 3.77. The van der Waals surface area contributed by atoms with Crippen molar-refractivity contribution in [2.45, 2.75) is 52.1 Å². The van der Waals surface area contributed by atoms with E-state index in [2.05, 4.69) is 55.0 Å². The number of benzene rings is 1. The van der Waals surface area contributed by atoms with Gasteiger partial charge in [0.05, 0.1) is 0 Å². The van der Waals surface area contributed by atoms with Gasteiger partial charge in [0.15, 0.2) is 0 Å². The molecular weight excluding hydrogens is 244 g/mol. The molecule has 1 unspecified atom stereocenters. The fourth-order valence-electron chi connectivity index (χ4n) is 3.77. The summed E-state index contributed by atoms with van der Waals surface area (Å²) >= 11 is 0. The van der Waals surface area contributed by atoms with Gasteiger partial charge in [-0.25, -0.2) is 0 Å². The SMILES string of the molecule is Cc1c(CNC(C)C2CCCC2)n(C)c2ccccc12. The van der Waals surface area contributed by atoms with E-state index in [-0.39, 0.29) is 0 Å². The normalized spacial score (nSPS) is 17.9. The summed E-state index contributed by atoms with van der Waals surface area (Å²) < 4.78 is 2.35. The van der Waals surface area contributed by atoms with Crippen LogP contribution in [0.5, 0.6) is 0 Å². The van der Waals surface area contributed by atoms with Gasteiger partial charge in [-0.2, -0.15) is 0 Å². The number of aryl methyl sites for hydroxylation is 2. The predicted molar refractivity (Wildman–Crippen MR) is 85.9 cm³/mol. The Bertz CT molecular complexity index is 552. The van der Waals surface area contributed by atoms with Crippen LogP contribution >= 0.6 is 0 Å². The largest absolute Gasteiger partial charge is 0.346 e. The average Bonchev–Trinajstić information content (AvgIpc) is 3.07. The van der Waals surface area contributed by atoms with Crippen LogP contribution in [0.25, 0.3) is 10.9 Å². The molecule has 1 aromatic heterocycles. The molecule has 0 amide bonds. The molecule has 0 saturated heterocycles. The maximum Gasteiger partial charge on any atom is 0.0483 e. The molecule has 1 saturated carbocycles. The highest BCUT2D eigenvalue weighted by Crippen LogP contribution is 2.28. The predicted octanol–water partition coefficient (Wildman–Crippen LogP) is 4.16. The molecule has 0 radical (unpaired) electrons. The Hall–Kier alpha value is -1.28. The first-order valence-corrected chi connectivity index (χ1v) is 7.94. The Kier molecular flexibility index (Phi) is 3.84. The highest BCUT2D eigenvalue weighted by molar-refractivity contribution is 5.85. The number of fused-ring (bicyclic) bond motifs is 1. The number of para-hydroxylation sites is 1. The van der Waals surface area contributed by atoms with Crippen molar-refractivity contribution in [1.29, 1.82) is 0 Å². The summed E-state index contributed by atoms with van der Waals surface area (Å²) in [6.07, 6.45) is 5.65. The van der Waals surface area contributed by atoms with Crippen molar-refractivity contribution in [3.05, 3.63) is 35.5 Å². The van der Waals surface area contributed by atoms with Crippen LogP contribution in [0.3, 0.4) is 0 Å². The maximum absolute atomic E-state index is 3.76. The zero-order chi connectivity index (χ0) is 14.1. The van der Waals surface area contributed by atoms with Crippen molar-refractivity contribution in [2.75, 3.05) is 0 Å². The Morgan fingerprint density at radius 1 is 1.25 bits per heavy atom. The van der Waals surface area contributed by atoms with Gasteiger partial charge >= 0.3 is 0 Å². The maximum atomic E-state index is 3.76. The van der Waals surface area contributed by atoms with Gasteiger partial charge in [-0.3, -0.25) is 0 Å². The summed E-state index contributed by atoms with van der Waals surface area (Å²) in [5.41, 5.74) is 4.19. The molecule has 0 bridgehead atoms. The standard InChI is InChI=1S/C18H26N2/c1-13-16-10-6-7-11-17(16)20(3)18(13)12-19-14(2)15-8-4-5-9-15/h6-7,10-11,14-15,19H,4-5,8-9,12H2,1-3H3. The lowest BCUT2D eigenvalue weighted by molar-refractivity contribution is 0.377. The van der Waals surface area contributed by atoms with E-state index in [9.17, 15) is 0 Å². The summed E-state index contributed by atoms with van der Waals surface area (Å²) in [6, 6.07) is 9.34. The number of hydrogen-bond donors (Lipinski definition) is 1.